The van der Waals surface area contributed by atoms with Crippen molar-refractivity contribution < 1.29 is 8.42 Å². The van der Waals surface area contributed by atoms with Gasteiger partial charge in [-0.1, -0.05) is 19.8 Å². The third kappa shape index (κ3) is 2.94. The largest absolute Gasteiger partial charge is 0.310 e. The van der Waals surface area contributed by atoms with Crippen molar-refractivity contribution >= 4 is 9.84 Å². The van der Waals surface area contributed by atoms with Crippen molar-refractivity contribution in [1.29, 1.82) is 0 Å². The molecule has 1 N–H and O–H groups in total. The third-order valence-electron chi connectivity index (χ3n) is 3.79. The lowest BCUT2D eigenvalue weighted by molar-refractivity contribution is 0.263. The smallest absolute Gasteiger partial charge is 0.151 e. The van der Waals surface area contributed by atoms with Gasteiger partial charge in [0.2, 0.25) is 0 Å². The maximum atomic E-state index is 11.3. The van der Waals surface area contributed by atoms with Gasteiger partial charge in [0.1, 0.15) is 0 Å². The molecule has 0 spiro atoms. The Balaban J connectivity index is 1.86. The van der Waals surface area contributed by atoms with Gasteiger partial charge in [-0.15, -0.1) is 0 Å². The van der Waals surface area contributed by atoms with Gasteiger partial charge in [0.25, 0.3) is 0 Å². The van der Waals surface area contributed by atoms with Gasteiger partial charge in [-0.3, -0.25) is 0 Å². The van der Waals surface area contributed by atoms with Gasteiger partial charge in [-0.05, 0) is 25.2 Å². The second kappa shape index (κ2) is 4.42. The highest BCUT2D eigenvalue weighted by atomic mass is 32.2. The SMILES string of the molecule is CC1CCCCC1NC1CCS(=O)(=O)C1. The zero-order valence-electron chi connectivity index (χ0n) is 9.41. The lowest BCUT2D eigenvalue weighted by Crippen LogP contribution is -2.44. The van der Waals surface area contributed by atoms with Crippen LogP contribution in [0, 0.1) is 5.92 Å². The first kappa shape index (κ1) is 11.4. The van der Waals surface area contributed by atoms with Crippen molar-refractivity contribution in [3.05, 3.63) is 0 Å². The van der Waals surface area contributed by atoms with E-state index in [2.05, 4.69) is 12.2 Å². The van der Waals surface area contributed by atoms with Crippen LogP contribution in [0.5, 0.6) is 0 Å². The molecule has 15 heavy (non-hydrogen) atoms. The van der Waals surface area contributed by atoms with Crippen molar-refractivity contribution in [3.63, 3.8) is 0 Å². The van der Waals surface area contributed by atoms with E-state index in [9.17, 15) is 8.42 Å². The van der Waals surface area contributed by atoms with E-state index in [1.165, 1.54) is 25.7 Å². The molecule has 1 aliphatic carbocycles. The van der Waals surface area contributed by atoms with E-state index < -0.39 is 9.84 Å². The number of rotatable bonds is 2. The minimum atomic E-state index is -2.73. The van der Waals surface area contributed by atoms with E-state index in [0.717, 1.165) is 6.42 Å². The van der Waals surface area contributed by atoms with E-state index in [0.29, 0.717) is 23.5 Å². The zero-order valence-corrected chi connectivity index (χ0v) is 10.2. The molecule has 1 heterocycles. The van der Waals surface area contributed by atoms with Crippen LogP contribution in [-0.2, 0) is 9.84 Å². The second-order valence-electron chi connectivity index (χ2n) is 5.13. The van der Waals surface area contributed by atoms with Crippen LogP contribution >= 0.6 is 0 Å². The summed E-state index contributed by atoms with van der Waals surface area (Å²) in [5.74, 6) is 1.45. The Morgan fingerprint density at radius 1 is 1.13 bits per heavy atom. The number of hydrogen-bond acceptors (Lipinski definition) is 3. The summed E-state index contributed by atoms with van der Waals surface area (Å²) < 4.78 is 22.6. The van der Waals surface area contributed by atoms with Crippen LogP contribution in [0.15, 0.2) is 0 Å². The predicted molar refractivity (Wildman–Crippen MR) is 61.6 cm³/mol. The summed E-state index contributed by atoms with van der Waals surface area (Å²) in [6.45, 7) is 2.28. The minimum absolute atomic E-state index is 0.223. The summed E-state index contributed by atoms with van der Waals surface area (Å²) in [5, 5.41) is 3.54. The fourth-order valence-electron chi connectivity index (χ4n) is 2.79. The van der Waals surface area contributed by atoms with E-state index in [1.807, 2.05) is 0 Å². The first-order valence-electron chi connectivity index (χ1n) is 6.03. The second-order valence-corrected chi connectivity index (χ2v) is 7.36. The fraction of sp³-hybridized carbons (Fsp3) is 1.00. The number of sulfone groups is 1. The van der Waals surface area contributed by atoms with Gasteiger partial charge in [0.15, 0.2) is 9.84 Å². The molecular weight excluding hydrogens is 210 g/mol. The quantitative estimate of drug-likeness (QED) is 0.780. The minimum Gasteiger partial charge on any atom is -0.310 e. The maximum Gasteiger partial charge on any atom is 0.151 e. The molecule has 0 bridgehead atoms. The normalized spacial score (nSPS) is 40.5. The van der Waals surface area contributed by atoms with Crippen LogP contribution < -0.4 is 5.32 Å². The molecular formula is C11H21NO2S. The molecule has 1 saturated carbocycles. The molecule has 0 aromatic carbocycles. The van der Waals surface area contributed by atoms with Gasteiger partial charge in [0.05, 0.1) is 11.5 Å². The monoisotopic (exact) mass is 231 g/mol. The van der Waals surface area contributed by atoms with Crippen LogP contribution in [0.3, 0.4) is 0 Å². The van der Waals surface area contributed by atoms with Crippen LogP contribution in [0.1, 0.15) is 39.0 Å². The van der Waals surface area contributed by atoms with Gasteiger partial charge >= 0.3 is 0 Å². The van der Waals surface area contributed by atoms with Gasteiger partial charge < -0.3 is 5.32 Å². The molecule has 0 radical (unpaired) electrons. The van der Waals surface area contributed by atoms with Crippen molar-refractivity contribution in [1.82, 2.24) is 5.32 Å². The van der Waals surface area contributed by atoms with E-state index in [1.54, 1.807) is 0 Å². The van der Waals surface area contributed by atoms with Crippen LogP contribution in [0.2, 0.25) is 0 Å². The summed E-state index contributed by atoms with van der Waals surface area (Å²) in [6, 6.07) is 0.776. The summed E-state index contributed by atoms with van der Waals surface area (Å²) in [4.78, 5) is 0. The van der Waals surface area contributed by atoms with E-state index in [-0.39, 0.29) is 6.04 Å². The lowest BCUT2D eigenvalue weighted by Gasteiger charge is -2.31. The van der Waals surface area contributed by atoms with Crippen molar-refractivity contribution in [2.75, 3.05) is 11.5 Å². The van der Waals surface area contributed by atoms with Crippen molar-refractivity contribution in [3.8, 4) is 0 Å². The molecule has 88 valence electrons. The number of hydrogen-bond donors (Lipinski definition) is 1. The molecule has 0 aromatic rings. The Morgan fingerprint density at radius 3 is 2.47 bits per heavy atom. The summed E-state index contributed by atoms with van der Waals surface area (Å²) in [7, 11) is -2.73. The van der Waals surface area contributed by atoms with Crippen LogP contribution in [0.25, 0.3) is 0 Å². The summed E-state index contributed by atoms with van der Waals surface area (Å²) in [6.07, 6.45) is 5.95. The molecule has 3 unspecified atom stereocenters. The number of nitrogens with one attached hydrogen (secondary N) is 1. The standard InChI is InChI=1S/C11H21NO2S/c1-9-4-2-3-5-11(9)12-10-6-7-15(13,14)8-10/h9-12H,2-8H2,1H3. The summed E-state index contributed by atoms with van der Waals surface area (Å²) >= 11 is 0. The predicted octanol–water partition coefficient (Wildman–Crippen LogP) is 1.34. The maximum absolute atomic E-state index is 11.3. The van der Waals surface area contributed by atoms with Gasteiger partial charge in [0, 0.05) is 12.1 Å². The highest BCUT2D eigenvalue weighted by Crippen LogP contribution is 2.25. The molecule has 3 nitrogen and oxygen atoms in total. The van der Waals surface area contributed by atoms with Crippen molar-refractivity contribution in [2.45, 2.75) is 51.1 Å². The average molecular weight is 231 g/mol. The van der Waals surface area contributed by atoms with E-state index in [4.69, 9.17) is 0 Å². The van der Waals surface area contributed by atoms with Gasteiger partial charge in [-0.2, -0.15) is 0 Å². The third-order valence-corrected chi connectivity index (χ3v) is 5.56. The van der Waals surface area contributed by atoms with Crippen LogP contribution in [-0.4, -0.2) is 32.0 Å². The first-order chi connectivity index (χ1) is 7.07. The topological polar surface area (TPSA) is 46.2 Å². The van der Waals surface area contributed by atoms with E-state index >= 15 is 0 Å². The Kier molecular flexibility index (Phi) is 3.36. The Bertz CT molecular complexity index is 313. The molecule has 2 aliphatic rings. The lowest BCUT2D eigenvalue weighted by atomic mass is 9.85. The Hall–Kier alpha value is -0.0900. The molecule has 1 saturated heterocycles. The molecule has 2 rings (SSSR count). The average Bonchev–Trinajstić information content (AvgIpc) is 2.50. The molecule has 0 amide bonds. The summed E-state index contributed by atoms with van der Waals surface area (Å²) in [5.41, 5.74) is 0. The first-order valence-corrected chi connectivity index (χ1v) is 7.85. The van der Waals surface area contributed by atoms with Crippen molar-refractivity contribution in [2.24, 2.45) is 5.92 Å². The zero-order chi connectivity index (χ0) is 10.9. The molecule has 4 heteroatoms. The van der Waals surface area contributed by atoms with Gasteiger partial charge in [-0.25, -0.2) is 8.42 Å². The Labute approximate surface area is 92.6 Å². The highest BCUT2D eigenvalue weighted by Gasteiger charge is 2.31. The molecule has 0 aromatic heterocycles. The molecule has 3 atom stereocenters. The fourth-order valence-corrected chi connectivity index (χ4v) is 4.48. The molecule has 1 aliphatic heterocycles. The highest BCUT2D eigenvalue weighted by molar-refractivity contribution is 7.91. The van der Waals surface area contributed by atoms with Crippen LogP contribution in [0.4, 0.5) is 0 Å². The molecule has 2 fully saturated rings. The Morgan fingerprint density at radius 2 is 1.87 bits per heavy atom.